The van der Waals surface area contributed by atoms with E-state index in [9.17, 15) is 13.2 Å². The highest BCUT2D eigenvalue weighted by Crippen LogP contribution is 2.25. The van der Waals surface area contributed by atoms with Crippen molar-refractivity contribution in [2.75, 3.05) is 22.6 Å². The molecule has 1 N–H and O–H groups in total. The number of thioether (sulfide) groups is 1. The summed E-state index contributed by atoms with van der Waals surface area (Å²) in [5.41, 5.74) is 2.08. The van der Waals surface area contributed by atoms with E-state index < -0.39 is 9.84 Å². The Morgan fingerprint density at radius 1 is 1.27 bits per heavy atom. The molecule has 1 aromatic carbocycles. The Morgan fingerprint density at radius 2 is 1.91 bits per heavy atom. The van der Waals surface area contributed by atoms with Gasteiger partial charge in [0, 0.05) is 10.9 Å². The molecule has 0 radical (unpaired) electrons. The molecule has 0 aromatic heterocycles. The zero-order valence-electron chi connectivity index (χ0n) is 13.3. The van der Waals surface area contributed by atoms with Crippen molar-refractivity contribution in [2.24, 2.45) is 0 Å². The summed E-state index contributed by atoms with van der Waals surface area (Å²) in [6, 6.07) is 7.85. The third-order valence-electron chi connectivity index (χ3n) is 3.68. The summed E-state index contributed by atoms with van der Waals surface area (Å²) in [6.45, 7) is 6.44. The molecule has 1 atom stereocenters. The molecule has 1 amide bonds. The molecule has 1 fully saturated rings. The molecule has 2 rings (SSSR count). The van der Waals surface area contributed by atoms with Gasteiger partial charge in [-0.2, -0.15) is 0 Å². The largest absolute Gasteiger partial charge is 0.325 e. The van der Waals surface area contributed by atoms with Crippen LogP contribution in [0.25, 0.3) is 0 Å². The molecule has 1 heterocycles. The molecular weight excluding hydrogens is 318 g/mol. The summed E-state index contributed by atoms with van der Waals surface area (Å²) in [6.07, 6.45) is 0.653. The molecule has 0 saturated carbocycles. The van der Waals surface area contributed by atoms with Gasteiger partial charge in [-0.25, -0.2) is 8.42 Å². The predicted molar refractivity (Wildman–Crippen MR) is 93.3 cm³/mol. The zero-order chi connectivity index (χ0) is 16.4. The van der Waals surface area contributed by atoms with Crippen molar-refractivity contribution in [3.63, 3.8) is 0 Å². The highest BCUT2D eigenvalue weighted by atomic mass is 32.2. The molecule has 0 bridgehead atoms. The van der Waals surface area contributed by atoms with Gasteiger partial charge in [-0.1, -0.05) is 32.9 Å². The van der Waals surface area contributed by atoms with E-state index in [1.807, 2.05) is 24.3 Å². The Labute approximate surface area is 137 Å². The Morgan fingerprint density at radius 3 is 2.41 bits per heavy atom. The van der Waals surface area contributed by atoms with Crippen LogP contribution in [0.15, 0.2) is 24.3 Å². The minimum Gasteiger partial charge on any atom is -0.325 e. The van der Waals surface area contributed by atoms with Gasteiger partial charge in [0.15, 0.2) is 9.84 Å². The number of amides is 1. The molecule has 0 aliphatic carbocycles. The van der Waals surface area contributed by atoms with E-state index >= 15 is 0 Å². The van der Waals surface area contributed by atoms with Crippen LogP contribution in [-0.4, -0.2) is 36.8 Å². The summed E-state index contributed by atoms with van der Waals surface area (Å²) in [5.74, 6) is 0.658. The van der Waals surface area contributed by atoms with Gasteiger partial charge in [-0.05, 0) is 29.5 Å². The molecule has 1 saturated heterocycles. The first-order valence-corrected chi connectivity index (χ1v) is 10.3. The summed E-state index contributed by atoms with van der Waals surface area (Å²) in [7, 11) is -2.87. The average molecular weight is 341 g/mol. The number of hydrogen-bond donors (Lipinski definition) is 1. The quantitative estimate of drug-likeness (QED) is 0.915. The molecule has 122 valence electrons. The summed E-state index contributed by atoms with van der Waals surface area (Å²) >= 11 is 1.43. The monoisotopic (exact) mass is 341 g/mol. The summed E-state index contributed by atoms with van der Waals surface area (Å²) in [5, 5.41) is 2.91. The third kappa shape index (κ3) is 5.02. The van der Waals surface area contributed by atoms with E-state index in [0.717, 1.165) is 5.69 Å². The molecule has 0 unspecified atom stereocenters. The zero-order valence-corrected chi connectivity index (χ0v) is 14.9. The first-order valence-electron chi connectivity index (χ1n) is 7.38. The highest BCUT2D eigenvalue weighted by Gasteiger charge is 2.28. The Kier molecular flexibility index (Phi) is 5.22. The van der Waals surface area contributed by atoms with Crippen molar-refractivity contribution >= 4 is 33.2 Å². The lowest BCUT2D eigenvalue weighted by Gasteiger charge is -2.19. The van der Waals surface area contributed by atoms with Crippen molar-refractivity contribution in [2.45, 2.75) is 37.9 Å². The third-order valence-corrected chi connectivity index (χ3v) is 6.96. The minimum atomic E-state index is -2.87. The summed E-state index contributed by atoms with van der Waals surface area (Å²) < 4.78 is 22.8. The lowest BCUT2D eigenvalue weighted by atomic mass is 9.87. The maximum atomic E-state index is 11.9. The number of sulfone groups is 1. The van der Waals surface area contributed by atoms with Gasteiger partial charge in [-0.15, -0.1) is 11.8 Å². The number of hydrogen-bond acceptors (Lipinski definition) is 4. The average Bonchev–Trinajstić information content (AvgIpc) is 2.76. The van der Waals surface area contributed by atoms with Gasteiger partial charge >= 0.3 is 0 Å². The van der Waals surface area contributed by atoms with Gasteiger partial charge in [0.05, 0.1) is 17.3 Å². The van der Waals surface area contributed by atoms with E-state index in [0.29, 0.717) is 12.2 Å². The van der Waals surface area contributed by atoms with E-state index in [4.69, 9.17) is 0 Å². The fourth-order valence-corrected chi connectivity index (χ4v) is 5.78. The Bertz CT molecular complexity index is 630. The number of rotatable bonds is 4. The second-order valence-electron chi connectivity index (χ2n) is 6.71. The van der Waals surface area contributed by atoms with Crippen molar-refractivity contribution in [3.8, 4) is 0 Å². The first-order chi connectivity index (χ1) is 10.2. The van der Waals surface area contributed by atoms with Crippen molar-refractivity contribution in [1.82, 2.24) is 0 Å². The SMILES string of the molecule is CC(C)(C)c1ccc(NC(=O)CS[C@H]2CCS(=O)(=O)C2)cc1. The van der Waals surface area contributed by atoms with Crippen LogP contribution in [0, 0.1) is 0 Å². The van der Waals surface area contributed by atoms with Crippen molar-refractivity contribution in [3.05, 3.63) is 29.8 Å². The van der Waals surface area contributed by atoms with Crippen LogP contribution in [0.5, 0.6) is 0 Å². The topological polar surface area (TPSA) is 63.2 Å². The fourth-order valence-electron chi connectivity index (χ4n) is 2.34. The van der Waals surface area contributed by atoms with Crippen LogP contribution in [0.1, 0.15) is 32.8 Å². The van der Waals surface area contributed by atoms with Gasteiger partial charge in [0.25, 0.3) is 0 Å². The molecule has 1 aliphatic heterocycles. The highest BCUT2D eigenvalue weighted by molar-refractivity contribution is 8.02. The van der Waals surface area contributed by atoms with Crippen LogP contribution in [0.2, 0.25) is 0 Å². The van der Waals surface area contributed by atoms with E-state index in [1.165, 1.54) is 17.3 Å². The molecule has 1 aromatic rings. The number of nitrogens with one attached hydrogen (secondary N) is 1. The lowest BCUT2D eigenvalue weighted by molar-refractivity contribution is -0.113. The minimum absolute atomic E-state index is 0.0546. The van der Waals surface area contributed by atoms with Crippen LogP contribution in [0.4, 0.5) is 5.69 Å². The Hall–Kier alpha value is -1.01. The number of benzene rings is 1. The van der Waals surface area contributed by atoms with Crippen molar-refractivity contribution in [1.29, 1.82) is 0 Å². The number of anilines is 1. The van der Waals surface area contributed by atoms with Crippen LogP contribution < -0.4 is 5.32 Å². The molecule has 4 nitrogen and oxygen atoms in total. The van der Waals surface area contributed by atoms with Crippen LogP contribution in [0.3, 0.4) is 0 Å². The van der Waals surface area contributed by atoms with Gasteiger partial charge in [0.2, 0.25) is 5.91 Å². The van der Waals surface area contributed by atoms with Crippen molar-refractivity contribution < 1.29 is 13.2 Å². The van der Waals surface area contributed by atoms with Crippen LogP contribution >= 0.6 is 11.8 Å². The molecule has 6 heteroatoms. The second-order valence-corrected chi connectivity index (χ2v) is 10.2. The van der Waals surface area contributed by atoms with E-state index in [1.54, 1.807) is 0 Å². The van der Waals surface area contributed by atoms with E-state index in [2.05, 4.69) is 26.1 Å². The first kappa shape index (κ1) is 17.3. The molecular formula is C16H23NO3S2. The maximum absolute atomic E-state index is 11.9. The lowest BCUT2D eigenvalue weighted by Crippen LogP contribution is -2.17. The number of carbonyl (C=O) groups is 1. The Balaban J connectivity index is 1.82. The maximum Gasteiger partial charge on any atom is 0.234 e. The summed E-state index contributed by atoms with van der Waals surface area (Å²) in [4.78, 5) is 11.9. The van der Waals surface area contributed by atoms with Crippen LogP contribution in [-0.2, 0) is 20.0 Å². The second kappa shape index (κ2) is 6.62. The van der Waals surface area contributed by atoms with Gasteiger partial charge < -0.3 is 5.32 Å². The fraction of sp³-hybridized carbons (Fsp3) is 0.562. The molecule has 22 heavy (non-hydrogen) atoms. The standard InChI is InChI=1S/C16H23NO3S2/c1-16(2,3)12-4-6-13(7-5-12)17-15(18)10-21-14-8-9-22(19,20)11-14/h4-7,14H,8-11H2,1-3H3,(H,17,18)/t14-/m0/s1. The predicted octanol–water partition coefficient (Wildman–Crippen LogP) is 2.84. The molecule has 1 aliphatic rings. The van der Waals surface area contributed by atoms with E-state index in [-0.39, 0.29) is 28.1 Å². The smallest absolute Gasteiger partial charge is 0.234 e. The molecule has 0 spiro atoms. The van der Waals surface area contributed by atoms with Gasteiger partial charge in [-0.3, -0.25) is 4.79 Å². The number of carbonyl (C=O) groups excluding carboxylic acids is 1. The van der Waals surface area contributed by atoms with Gasteiger partial charge in [0.1, 0.15) is 0 Å². The normalized spacial score (nSPS) is 20.8.